The lowest BCUT2D eigenvalue weighted by atomic mass is 10.2. The monoisotopic (exact) mass is 399 g/mol. The van der Waals surface area contributed by atoms with Crippen molar-refractivity contribution in [3.05, 3.63) is 65.1 Å². The molecule has 1 N–H and O–H groups in total. The fraction of sp³-hybridized carbons (Fsp3) is 0.350. The minimum atomic E-state index is -0.299. The average molecular weight is 400 g/mol. The number of aromatic nitrogens is 3. The number of aryl methyl sites for hydroxylation is 1. The van der Waals surface area contributed by atoms with Gasteiger partial charge in [-0.15, -0.1) is 5.10 Å². The van der Waals surface area contributed by atoms with E-state index in [0.717, 1.165) is 37.4 Å². The fourth-order valence-corrected chi connectivity index (χ4v) is 3.65. The predicted molar refractivity (Wildman–Crippen MR) is 106 cm³/mol. The van der Waals surface area contributed by atoms with Crippen LogP contribution >= 0.6 is 11.6 Å². The number of amides is 1. The summed E-state index contributed by atoms with van der Waals surface area (Å²) in [5.74, 6) is 1.34. The third-order valence-electron chi connectivity index (χ3n) is 4.95. The van der Waals surface area contributed by atoms with Crippen LogP contribution in [0.25, 0.3) is 5.69 Å². The third-order valence-corrected chi connectivity index (χ3v) is 5.20. The molecule has 1 fully saturated rings. The Balaban J connectivity index is 1.47. The van der Waals surface area contributed by atoms with Gasteiger partial charge in [-0.1, -0.05) is 11.6 Å². The molecule has 1 atom stereocenters. The molecule has 1 saturated heterocycles. The van der Waals surface area contributed by atoms with Crippen LogP contribution in [-0.4, -0.2) is 45.2 Å². The number of nitrogens with one attached hydrogen (secondary N) is 1. The van der Waals surface area contributed by atoms with Crippen molar-refractivity contribution in [1.82, 2.24) is 25.0 Å². The molecule has 0 bridgehead atoms. The summed E-state index contributed by atoms with van der Waals surface area (Å²) >= 11 is 5.94. The van der Waals surface area contributed by atoms with E-state index in [-0.39, 0.29) is 17.8 Å². The van der Waals surface area contributed by atoms with Gasteiger partial charge >= 0.3 is 0 Å². The van der Waals surface area contributed by atoms with Gasteiger partial charge in [0, 0.05) is 11.6 Å². The highest BCUT2D eigenvalue weighted by Crippen LogP contribution is 2.25. The number of likely N-dealkylation sites (tertiary alicyclic amines) is 1. The zero-order valence-corrected chi connectivity index (χ0v) is 16.4. The number of hydrogen-bond donors (Lipinski definition) is 1. The number of nitrogens with zero attached hydrogens (tertiary/aromatic N) is 4. The van der Waals surface area contributed by atoms with E-state index in [1.807, 2.05) is 31.2 Å². The molecule has 0 aliphatic carbocycles. The van der Waals surface area contributed by atoms with Gasteiger partial charge in [-0.3, -0.25) is 9.69 Å². The number of hydrogen-bond acceptors (Lipinski definition) is 5. The summed E-state index contributed by atoms with van der Waals surface area (Å²) in [6, 6.07) is 11.1. The molecule has 1 aliphatic heterocycles. The Kier molecular flexibility index (Phi) is 5.45. The van der Waals surface area contributed by atoms with E-state index in [9.17, 15) is 4.79 Å². The molecular weight excluding hydrogens is 378 g/mol. The number of carbonyl (C=O) groups excluding carboxylic acids is 1. The van der Waals surface area contributed by atoms with E-state index in [0.29, 0.717) is 17.4 Å². The largest absolute Gasteiger partial charge is 0.468 e. The molecule has 146 valence electrons. The van der Waals surface area contributed by atoms with Crippen molar-refractivity contribution in [2.45, 2.75) is 25.8 Å². The molecule has 2 aromatic heterocycles. The summed E-state index contributed by atoms with van der Waals surface area (Å²) in [6.45, 7) is 4.27. The minimum absolute atomic E-state index is 0.0147. The third kappa shape index (κ3) is 3.95. The molecule has 1 amide bonds. The van der Waals surface area contributed by atoms with Crippen molar-refractivity contribution < 1.29 is 9.21 Å². The molecule has 8 heteroatoms. The summed E-state index contributed by atoms with van der Waals surface area (Å²) < 4.78 is 7.23. The van der Waals surface area contributed by atoms with Crippen LogP contribution in [0.3, 0.4) is 0 Å². The highest BCUT2D eigenvalue weighted by atomic mass is 35.5. The second kappa shape index (κ2) is 8.16. The van der Waals surface area contributed by atoms with Gasteiger partial charge in [0.25, 0.3) is 5.91 Å². The molecule has 1 aromatic carbocycles. The van der Waals surface area contributed by atoms with Crippen LogP contribution in [0.15, 0.2) is 47.1 Å². The van der Waals surface area contributed by atoms with Crippen molar-refractivity contribution in [2.24, 2.45) is 0 Å². The van der Waals surface area contributed by atoms with Gasteiger partial charge in [0.05, 0.1) is 18.0 Å². The molecular formula is C20H22ClN5O2. The molecule has 4 rings (SSSR count). The number of rotatable bonds is 6. The fourth-order valence-electron chi connectivity index (χ4n) is 3.53. The van der Waals surface area contributed by atoms with Crippen LogP contribution in [0.5, 0.6) is 0 Å². The van der Waals surface area contributed by atoms with Gasteiger partial charge in [-0.2, -0.15) is 0 Å². The van der Waals surface area contributed by atoms with Crippen LogP contribution in [0.1, 0.15) is 41.1 Å². The van der Waals surface area contributed by atoms with Crippen molar-refractivity contribution in [2.75, 3.05) is 19.6 Å². The van der Waals surface area contributed by atoms with E-state index in [2.05, 4.69) is 20.3 Å². The molecule has 7 nitrogen and oxygen atoms in total. The van der Waals surface area contributed by atoms with Gasteiger partial charge in [-0.25, -0.2) is 9.67 Å². The summed E-state index contributed by atoms with van der Waals surface area (Å²) in [5.41, 5.74) is 0.805. The van der Waals surface area contributed by atoms with Crippen molar-refractivity contribution in [3.8, 4) is 5.69 Å². The standard InChI is InChI=1S/C20H22ClN5O2/c1-14-23-19(24-26(14)16-8-6-15(21)7-9-16)20(27)22-13-17(18-5-4-12-28-18)25-10-2-3-11-25/h4-9,12,17H,2-3,10-11,13H2,1H3,(H,22,27)/t17-/m0/s1. The smallest absolute Gasteiger partial charge is 0.291 e. The van der Waals surface area contributed by atoms with Crippen molar-refractivity contribution in [3.63, 3.8) is 0 Å². The number of benzene rings is 1. The summed E-state index contributed by atoms with van der Waals surface area (Å²) in [5, 5.41) is 7.97. The molecule has 0 spiro atoms. The molecule has 0 radical (unpaired) electrons. The Morgan fingerprint density at radius 3 is 2.68 bits per heavy atom. The maximum atomic E-state index is 12.7. The summed E-state index contributed by atoms with van der Waals surface area (Å²) in [6.07, 6.45) is 3.99. The zero-order valence-electron chi connectivity index (χ0n) is 15.6. The van der Waals surface area contributed by atoms with Crippen LogP contribution in [0.2, 0.25) is 5.02 Å². The average Bonchev–Trinajstić information content (AvgIpc) is 3.45. The van der Waals surface area contributed by atoms with Crippen LogP contribution in [-0.2, 0) is 0 Å². The van der Waals surface area contributed by atoms with Gasteiger partial charge in [-0.05, 0) is 69.3 Å². The SMILES string of the molecule is Cc1nc(C(=O)NC[C@@H](c2ccco2)N2CCCC2)nn1-c1ccc(Cl)cc1. The topological polar surface area (TPSA) is 76.2 Å². The lowest BCUT2D eigenvalue weighted by molar-refractivity contribution is 0.0923. The summed E-state index contributed by atoms with van der Waals surface area (Å²) in [4.78, 5) is 19.3. The first-order valence-corrected chi connectivity index (χ1v) is 9.75. The highest BCUT2D eigenvalue weighted by molar-refractivity contribution is 6.30. The quantitative estimate of drug-likeness (QED) is 0.687. The Morgan fingerprint density at radius 2 is 2.00 bits per heavy atom. The molecule has 28 heavy (non-hydrogen) atoms. The normalized spacial score (nSPS) is 15.6. The molecule has 3 aromatic rings. The minimum Gasteiger partial charge on any atom is -0.468 e. The second-order valence-electron chi connectivity index (χ2n) is 6.86. The van der Waals surface area contributed by atoms with Crippen LogP contribution in [0, 0.1) is 6.92 Å². The maximum absolute atomic E-state index is 12.7. The van der Waals surface area contributed by atoms with Crippen molar-refractivity contribution in [1.29, 1.82) is 0 Å². The zero-order chi connectivity index (χ0) is 19.5. The van der Waals surface area contributed by atoms with Crippen LogP contribution in [0.4, 0.5) is 0 Å². The number of carbonyl (C=O) groups is 1. The van der Waals surface area contributed by atoms with E-state index in [1.54, 1.807) is 23.1 Å². The van der Waals surface area contributed by atoms with Gasteiger partial charge in [0.1, 0.15) is 11.6 Å². The van der Waals surface area contributed by atoms with Crippen LogP contribution < -0.4 is 5.32 Å². The van der Waals surface area contributed by atoms with E-state index in [1.165, 1.54) is 0 Å². The lowest BCUT2D eigenvalue weighted by Gasteiger charge is -2.25. The lowest BCUT2D eigenvalue weighted by Crippen LogP contribution is -2.37. The number of halogens is 1. The second-order valence-corrected chi connectivity index (χ2v) is 7.29. The molecule has 0 saturated carbocycles. The first-order chi connectivity index (χ1) is 13.6. The molecule has 1 aliphatic rings. The summed E-state index contributed by atoms with van der Waals surface area (Å²) in [7, 11) is 0. The Bertz CT molecular complexity index is 930. The van der Waals surface area contributed by atoms with E-state index in [4.69, 9.17) is 16.0 Å². The van der Waals surface area contributed by atoms with Gasteiger partial charge in [0.2, 0.25) is 5.82 Å². The van der Waals surface area contributed by atoms with Crippen molar-refractivity contribution >= 4 is 17.5 Å². The van der Waals surface area contributed by atoms with Gasteiger partial charge < -0.3 is 9.73 Å². The van der Waals surface area contributed by atoms with Gasteiger partial charge in [0.15, 0.2) is 0 Å². The Hall–Kier alpha value is -2.64. The molecule has 3 heterocycles. The first kappa shape index (κ1) is 18.7. The number of furan rings is 1. The maximum Gasteiger partial charge on any atom is 0.291 e. The van der Waals surface area contributed by atoms with E-state index < -0.39 is 0 Å². The van der Waals surface area contributed by atoms with E-state index >= 15 is 0 Å². The highest BCUT2D eigenvalue weighted by Gasteiger charge is 2.26. The Morgan fingerprint density at radius 1 is 1.25 bits per heavy atom. The Labute approximate surface area is 168 Å². The first-order valence-electron chi connectivity index (χ1n) is 9.37. The predicted octanol–water partition coefficient (Wildman–Crippen LogP) is 3.39. The molecule has 0 unspecified atom stereocenters.